The quantitative estimate of drug-likeness (QED) is 0.208. The fourth-order valence-electron chi connectivity index (χ4n) is 7.39. The molecule has 0 radical (unpaired) electrons. The van der Waals surface area contributed by atoms with Crippen LogP contribution in [0, 0.1) is 5.82 Å². The van der Waals surface area contributed by atoms with Gasteiger partial charge in [-0.15, -0.1) is 0 Å². The predicted molar refractivity (Wildman–Crippen MR) is 175 cm³/mol. The van der Waals surface area contributed by atoms with Crippen molar-refractivity contribution in [3.63, 3.8) is 0 Å². The van der Waals surface area contributed by atoms with E-state index in [-0.39, 0.29) is 35.1 Å². The lowest BCUT2D eigenvalue weighted by Gasteiger charge is -2.40. The highest BCUT2D eigenvalue weighted by atomic mass is 35.5. The maximum atomic E-state index is 14.6. The second-order valence-corrected chi connectivity index (χ2v) is 13.1. The fourth-order valence-corrected chi connectivity index (χ4v) is 7.92. The Morgan fingerprint density at radius 1 is 1.13 bits per heavy atom. The third kappa shape index (κ3) is 5.28. The summed E-state index contributed by atoms with van der Waals surface area (Å²) in [4.78, 5) is 28.2. The van der Waals surface area contributed by atoms with Crippen molar-refractivity contribution >= 4 is 56.6 Å². The van der Waals surface area contributed by atoms with Gasteiger partial charge in [-0.25, -0.2) is 8.78 Å². The van der Waals surface area contributed by atoms with Crippen LogP contribution in [0.2, 0.25) is 10.0 Å². The van der Waals surface area contributed by atoms with Gasteiger partial charge in [0.15, 0.2) is 0 Å². The topological polar surface area (TPSA) is 61.8 Å². The highest BCUT2D eigenvalue weighted by Gasteiger charge is 2.49. The van der Waals surface area contributed by atoms with Crippen LogP contribution < -0.4 is 9.64 Å². The van der Waals surface area contributed by atoms with E-state index in [1.165, 1.54) is 12.1 Å². The van der Waals surface area contributed by atoms with Crippen molar-refractivity contribution in [2.75, 3.05) is 44.2 Å². The summed E-state index contributed by atoms with van der Waals surface area (Å²) in [6.45, 7) is 8.76. The molecule has 1 aromatic heterocycles. The second-order valence-electron chi connectivity index (χ2n) is 12.3. The molecule has 0 aliphatic carbocycles. The van der Waals surface area contributed by atoms with Gasteiger partial charge in [-0.2, -0.15) is 9.97 Å². The monoisotopic (exact) mass is 651 g/mol. The van der Waals surface area contributed by atoms with Gasteiger partial charge in [0.1, 0.15) is 24.4 Å². The molecular formula is C34H33Cl2F2N5O2. The van der Waals surface area contributed by atoms with Crippen LogP contribution in [0.15, 0.2) is 55.1 Å². The van der Waals surface area contributed by atoms with E-state index in [1.54, 1.807) is 11.0 Å². The van der Waals surface area contributed by atoms with Crippen LogP contribution in [0.3, 0.4) is 0 Å². The third-order valence-electron chi connectivity index (χ3n) is 9.59. The molecule has 4 heterocycles. The Kier molecular flexibility index (Phi) is 7.82. The van der Waals surface area contributed by atoms with Crippen LogP contribution in [-0.4, -0.2) is 82.8 Å². The number of hydrogen-bond donors (Lipinski definition) is 0. The largest absolute Gasteiger partial charge is 0.461 e. The zero-order valence-electron chi connectivity index (χ0n) is 24.9. The number of amides is 1. The molecule has 0 bridgehead atoms. The molecule has 3 atom stereocenters. The van der Waals surface area contributed by atoms with Crippen molar-refractivity contribution in [2.45, 2.75) is 43.9 Å². The number of hydrogen-bond acceptors (Lipinski definition) is 6. The highest BCUT2D eigenvalue weighted by molar-refractivity contribution is 6.38. The summed E-state index contributed by atoms with van der Waals surface area (Å²) in [7, 11) is 0. The first-order chi connectivity index (χ1) is 21.7. The highest BCUT2D eigenvalue weighted by Crippen LogP contribution is 2.43. The van der Waals surface area contributed by atoms with Crippen molar-refractivity contribution in [1.29, 1.82) is 0 Å². The van der Waals surface area contributed by atoms with E-state index in [9.17, 15) is 13.6 Å². The molecule has 7 nitrogen and oxygen atoms in total. The summed E-state index contributed by atoms with van der Waals surface area (Å²) in [5.74, 6) is 0.0120. The fraction of sp³-hybridized carbons (Fsp3) is 0.382. The van der Waals surface area contributed by atoms with Crippen molar-refractivity contribution in [3.05, 3.63) is 71.0 Å². The Hall–Kier alpha value is -3.53. The number of rotatable bonds is 6. The number of benzene rings is 3. The Labute approximate surface area is 270 Å². The molecule has 234 valence electrons. The average molecular weight is 653 g/mol. The van der Waals surface area contributed by atoms with Crippen LogP contribution in [0.25, 0.3) is 32.8 Å². The number of aromatic nitrogens is 2. The molecule has 1 amide bonds. The number of carbonyl (C=O) groups excluding carboxylic acids is 1. The molecule has 45 heavy (non-hydrogen) atoms. The number of alkyl halides is 1. The first-order valence-electron chi connectivity index (χ1n) is 15.3. The minimum Gasteiger partial charge on any atom is -0.461 e. The minimum atomic E-state index is -0.875. The zero-order valence-corrected chi connectivity index (χ0v) is 26.4. The van der Waals surface area contributed by atoms with E-state index in [4.69, 9.17) is 37.9 Å². The van der Waals surface area contributed by atoms with E-state index in [0.717, 1.165) is 24.8 Å². The van der Waals surface area contributed by atoms with Crippen LogP contribution in [0.5, 0.6) is 6.01 Å². The smallest absolute Gasteiger partial charge is 0.319 e. The van der Waals surface area contributed by atoms with E-state index >= 15 is 0 Å². The summed E-state index contributed by atoms with van der Waals surface area (Å²) < 4.78 is 35.4. The Balaban J connectivity index is 1.34. The van der Waals surface area contributed by atoms with Gasteiger partial charge in [-0.1, -0.05) is 54.0 Å². The molecule has 0 N–H and O–H groups in total. The minimum absolute atomic E-state index is 0.0236. The molecular weight excluding hydrogens is 619 g/mol. The van der Waals surface area contributed by atoms with Gasteiger partial charge in [0.25, 0.3) is 0 Å². The molecule has 0 spiro atoms. The van der Waals surface area contributed by atoms with Gasteiger partial charge >= 0.3 is 6.01 Å². The summed E-state index contributed by atoms with van der Waals surface area (Å²) in [6.07, 6.45) is 2.75. The summed E-state index contributed by atoms with van der Waals surface area (Å²) in [5, 5.41) is 2.52. The average Bonchev–Trinajstić information content (AvgIpc) is 3.56. The molecule has 3 aliphatic heterocycles. The number of fused-ring (bicyclic) bond motifs is 3. The molecule has 4 aromatic rings. The molecule has 3 fully saturated rings. The van der Waals surface area contributed by atoms with Crippen LogP contribution in [0.1, 0.15) is 26.2 Å². The van der Waals surface area contributed by atoms with E-state index in [2.05, 4.69) is 16.4 Å². The molecule has 3 saturated heterocycles. The van der Waals surface area contributed by atoms with Gasteiger partial charge < -0.3 is 14.5 Å². The standard InChI is InChI=1S/C34H33Cl2F2N5O2/c1-3-29(44)41-12-13-43(20(2)17-41)32-25-14-26(35)24(23-7-4-6-21-8-9-27(38)31(36)30(21)23)15-28(25)39-33(40-32)45-19-34-10-5-11-42(34)18-22(37)16-34/h3-4,6-9,14-15,20,22H,1,5,10-13,16-19H2,2H3/t20-,22+,34-/m0/s1. The molecule has 7 rings (SSSR count). The molecule has 3 aromatic carbocycles. The maximum Gasteiger partial charge on any atom is 0.319 e. The number of halogens is 4. The van der Waals surface area contributed by atoms with Crippen molar-refractivity contribution < 1.29 is 18.3 Å². The zero-order chi connectivity index (χ0) is 31.5. The Morgan fingerprint density at radius 3 is 2.78 bits per heavy atom. The Bertz CT molecular complexity index is 1840. The summed E-state index contributed by atoms with van der Waals surface area (Å²) in [6, 6.07) is 12.5. The van der Waals surface area contributed by atoms with E-state index in [1.807, 2.05) is 37.3 Å². The van der Waals surface area contributed by atoms with Gasteiger partial charge in [-0.3, -0.25) is 9.69 Å². The number of anilines is 1. The first kappa shape index (κ1) is 30.1. The molecule has 11 heteroatoms. The van der Waals surface area contributed by atoms with Crippen molar-refractivity contribution in [3.8, 4) is 17.1 Å². The maximum absolute atomic E-state index is 14.6. The lowest BCUT2D eigenvalue weighted by molar-refractivity contribution is -0.126. The van der Waals surface area contributed by atoms with Crippen LogP contribution >= 0.6 is 23.2 Å². The SMILES string of the molecule is C=CC(=O)N1CCN(c2nc(OC[C@@]34CCCN3C[C@H](F)C4)nc3cc(-c4cccc5ccc(F)c(Cl)c45)c(Cl)cc23)[C@@H](C)C1. The number of ether oxygens (including phenoxy) is 1. The predicted octanol–water partition coefficient (Wildman–Crippen LogP) is 7.07. The normalized spacial score (nSPS) is 23.6. The lowest BCUT2D eigenvalue weighted by Crippen LogP contribution is -2.53. The second kappa shape index (κ2) is 11.7. The summed E-state index contributed by atoms with van der Waals surface area (Å²) >= 11 is 13.5. The first-order valence-corrected chi connectivity index (χ1v) is 16.0. The van der Waals surface area contributed by atoms with Crippen molar-refractivity contribution in [1.82, 2.24) is 19.8 Å². The molecule has 3 aliphatic rings. The van der Waals surface area contributed by atoms with Gasteiger partial charge in [0, 0.05) is 60.0 Å². The molecule has 0 unspecified atom stereocenters. The Morgan fingerprint density at radius 2 is 1.98 bits per heavy atom. The molecule has 0 saturated carbocycles. The van der Waals surface area contributed by atoms with Gasteiger partial charge in [-0.05, 0) is 61.5 Å². The number of nitrogens with zero attached hydrogens (tertiary/aromatic N) is 5. The number of piperazine rings is 1. The van der Waals surface area contributed by atoms with Crippen molar-refractivity contribution in [2.24, 2.45) is 0 Å². The summed E-state index contributed by atoms with van der Waals surface area (Å²) in [5.41, 5.74) is 1.55. The number of carbonyl (C=O) groups is 1. The van der Waals surface area contributed by atoms with Crippen LogP contribution in [0.4, 0.5) is 14.6 Å². The van der Waals surface area contributed by atoms with E-state index < -0.39 is 12.0 Å². The lowest BCUT2D eigenvalue weighted by atomic mass is 9.95. The van der Waals surface area contributed by atoms with Gasteiger partial charge in [0.05, 0.1) is 16.1 Å². The third-order valence-corrected chi connectivity index (χ3v) is 10.3. The van der Waals surface area contributed by atoms with E-state index in [0.29, 0.717) is 70.9 Å². The van der Waals surface area contributed by atoms with Gasteiger partial charge in [0.2, 0.25) is 5.91 Å². The van der Waals surface area contributed by atoms with Crippen LogP contribution in [-0.2, 0) is 4.79 Å².